The Morgan fingerprint density at radius 3 is 2.86 bits per heavy atom. The second-order valence-electron chi connectivity index (χ2n) is 9.35. The third-order valence-electron chi connectivity index (χ3n) is 6.97. The maximum Gasteiger partial charge on any atom is 0.255 e. The smallest absolute Gasteiger partial charge is 0.255 e. The number of methoxy groups -OCH3 is 1. The Morgan fingerprint density at radius 1 is 1.20 bits per heavy atom. The molecule has 184 valence electrons. The van der Waals surface area contributed by atoms with E-state index in [0.717, 1.165) is 74.4 Å². The number of carbonyl (C=O) groups is 1. The van der Waals surface area contributed by atoms with E-state index in [2.05, 4.69) is 31.7 Å². The number of hydrogen-bond acceptors (Lipinski definition) is 7. The molecular formula is C26H33N7O2. The standard InChI is InChI=1S/C26H33N7O2/c1-35-24-5-3-2-4-18(24)15-32-11-8-21(17-32)31-26(34)23-12-19(13-29-25(23)27)20-14-30-33(16-20)22-6-9-28-10-7-22/h2-5,12-14,16,21-22,28H,6-11,15,17H2,1H3,(H2,27,29)(H,31,34)/t21-/m1/s1. The lowest BCUT2D eigenvalue weighted by molar-refractivity contribution is 0.0938. The Hall–Kier alpha value is -3.43. The molecule has 1 amide bonds. The second-order valence-corrected chi connectivity index (χ2v) is 9.35. The van der Waals surface area contributed by atoms with Gasteiger partial charge >= 0.3 is 0 Å². The first-order valence-corrected chi connectivity index (χ1v) is 12.3. The van der Waals surface area contributed by atoms with Gasteiger partial charge in [-0.25, -0.2) is 4.98 Å². The van der Waals surface area contributed by atoms with Gasteiger partial charge in [-0.1, -0.05) is 18.2 Å². The van der Waals surface area contributed by atoms with E-state index in [1.807, 2.05) is 41.3 Å². The number of rotatable bonds is 7. The molecule has 4 heterocycles. The Kier molecular flexibility index (Phi) is 6.96. The van der Waals surface area contributed by atoms with Crippen LogP contribution in [0.2, 0.25) is 0 Å². The highest BCUT2D eigenvalue weighted by Crippen LogP contribution is 2.26. The first-order valence-electron chi connectivity index (χ1n) is 12.3. The molecule has 4 N–H and O–H groups in total. The number of pyridine rings is 1. The van der Waals surface area contributed by atoms with Gasteiger partial charge in [0.15, 0.2) is 0 Å². The van der Waals surface area contributed by atoms with Gasteiger partial charge in [-0.05, 0) is 44.5 Å². The lowest BCUT2D eigenvalue weighted by Crippen LogP contribution is -2.37. The number of nitrogens with zero attached hydrogens (tertiary/aromatic N) is 4. The summed E-state index contributed by atoms with van der Waals surface area (Å²) in [5.74, 6) is 0.937. The lowest BCUT2D eigenvalue weighted by Gasteiger charge is -2.22. The van der Waals surface area contributed by atoms with Crippen LogP contribution in [-0.4, -0.2) is 64.9 Å². The first kappa shape index (κ1) is 23.3. The van der Waals surface area contributed by atoms with Gasteiger partial charge in [0, 0.05) is 54.8 Å². The summed E-state index contributed by atoms with van der Waals surface area (Å²) in [4.78, 5) is 19.8. The fourth-order valence-corrected chi connectivity index (χ4v) is 5.00. The van der Waals surface area contributed by atoms with Gasteiger partial charge in [0.1, 0.15) is 11.6 Å². The zero-order chi connectivity index (χ0) is 24.2. The van der Waals surface area contributed by atoms with Crippen LogP contribution in [0.4, 0.5) is 5.82 Å². The van der Waals surface area contributed by atoms with Crippen LogP contribution >= 0.6 is 0 Å². The summed E-state index contributed by atoms with van der Waals surface area (Å²) < 4.78 is 7.50. The summed E-state index contributed by atoms with van der Waals surface area (Å²) >= 11 is 0. The number of piperidine rings is 1. The largest absolute Gasteiger partial charge is 0.496 e. The molecule has 0 radical (unpaired) electrons. The molecule has 0 aliphatic carbocycles. The maximum absolute atomic E-state index is 13.1. The fourth-order valence-electron chi connectivity index (χ4n) is 5.00. The first-order chi connectivity index (χ1) is 17.1. The Bertz CT molecular complexity index is 1170. The molecule has 9 nitrogen and oxygen atoms in total. The predicted octanol–water partition coefficient (Wildman–Crippen LogP) is 2.46. The van der Waals surface area contributed by atoms with Crippen LogP contribution in [0.25, 0.3) is 11.1 Å². The predicted molar refractivity (Wildman–Crippen MR) is 135 cm³/mol. The number of anilines is 1. The molecule has 35 heavy (non-hydrogen) atoms. The van der Waals surface area contributed by atoms with Crippen molar-refractivity contribution in [3.05, 3.63) is 60.0 Å². The molecule has 5 rings (SSSR count). The quantitative estimate of drug-likeness (QED) is 0.481. The number of amides is 1. The van der Waals surface area contributed by atoms with E-state index < -0.39 is 0 Å². The van der Waals surface area contributed by atoms with Gasteiger partial charge in [0.05, 0.1) is 24.9 Å². The number of nitrogens with two attached hydrogens (primary N) is 1. The molecule has 1 atom stereocenters. The monoisotopic (exact) mass is 475 g/mol. The van der Waals surface area contributed by atoms with Gasteiger partial charge < -0.3 is 21.1 Å². The zero-order valence-corrected chi connectivity index (χ0v) is 20.1. The number of likely N-dealkylation sites (tertiary alicyclic amines) is 1. The minimum absolute atomic E-state index is 0.0583. The summed E-state index contributed by atoms with van der Waals surface area (Å²) in [7, 11) is 1.69. The molecule has 1 aromatic carbocycles. The third-order valence-corrected chi connectivity index (χ3v) is 6.97. The number of nitrogen functional groups attached to an aromatic ring is 1. The van der Waals surface area contributed by atoms with Gasteiger partial charge in [0.25, 0.3) is 5.91 Å². The fraction of sp³-hybridized carbons (Fsp3) is 0.423. The summed E-state index contributed by atoms with van der Waals surface area (Å²) in [6.45, 7) is 4.49. The average Bonchev–Trinajstić information content (AvgIpc) is 3.55. The van der Waals surface area contributed by atoms with Crippen molar-refractivity contribution in [2.75, 3.05) is 39.0 Å². The van der Waals surface area contributed by atoms with E-state index in [1.54, 1.807) is 13.3 Å². The highest BCUT2D eigenvalue weighted by molar-refractivity contribution is 5.99. The molecule has 9 heteroatoms. The van der Waals surface area contributed by atoms with E-state index in [-0.39, 0.29) is 17.8 Å². The normalized spacial score (nSPS) is 19.1. The van der Waals surface area contributed by atoms with Crippen LogP contribution < -0.4 is 21.1 Å². The molecule has 0 unspecified atom stereocenters. The summed E-state index contributed by atoms with van der Waals surface area (Å²) in [5.41, 5.74) is 9.43. The van der Waals surface area contributed by atoms with Crippen LogP contribution in [0.5, 0.6) is 5.75 Å². The molecule has 2 aliphatic rings. The van der Waals surface area contributed by atoms with Crippen LogP contribution in [0.1, 0.15) is 41.2 Å². The highest BCUT2D eigenvalue weighted by Gasteiger charge is 2.26. The zero-order valence-electron chi connectivity index (χ0n) is 20.1. The van der Waals surface area contributed by atoms with E-state index in [0.29, 0.717) is 11.6 Å². The molecule has 2 saturated heterocycles. The van der Waals surface area contributed by atoms with Gasteiger partial charge in [-0.2, -0.15) is 5.10 Å². The Morgan fingerprint density at radius 2 is 2.03 bits per heavy atom. The van der Waals surface area contributed by atoms with Gasteiger partial charge in [0.2, 0.25) is 0 Å². The number of nitrogens with one attached hydrogen (secondary N) is 2. The minimum atomic E-state index is -0.188. The van der Waals surface area contributed by atoms with E-state index in [1.165, 1.54) is 0 Å². The van der Waals surface area contributed by atoms with Crippen molar-refractivity contribution in [2.24, 2.45) is 0 Å². The van der Waals surface area contributed by atoms with Gasteiger partial charge in [-0.15, -0.1) is 0 Å². The molecule has 0 saturated carbocycles. The average molecular weight is 476 g/mol. The number of carbonyl (C=O) groups excluding carboxylic acids is 1. The van der Waals surface area contributed by atoms with Crippen molar-refractivity contribution >= 4 is 11.7 Å². The van der Waals surface area contributed by atoms with Crippen LogP contribution in [0, 0.1) is 0 Å². The topological polar surface area (TPSA) is 110 Å². The van der Waals surface area contributed by atoms with Crippen LogP contribution in [0.15, 0.2) is 48.9 Å². The van der Waals surface area contributed by atoms with Crippen molar-refractivity contribution in [1.82, 2.24) is 30.3 Å². The number of benzene rings is 1. The molecule has 2 aliphatic heterocycles. The number of ether oxygens (including phenoxy) is 1. The summed E-state index contributed by atoms with van der Waals surface area (Å²) in [6.07, 6.45) is 8.59. The third kappa shape index (κ3) is 5.31. The molecule has 2 aromatic heterocycles. The van der Waals surface area contributed by atoms with Crippen molar-refractivity contribution < 1.29 is 9.53 Å². The van der Waals surface area contributed by atoms with Gasteiger partial charge in [-0.3, -0.25) is 14.4 Å². The molecule has 3 aromatic rings. The minimum Gasteiger partial charge on any atom is -0.496 e. The number of para-hydroxylation sites is 1. The second kappa shape index (κ2) is 10.5. The van der Waals surface area contributed by atoms with Crippen LogP contribution in [0.3, 0.4) is 0 Å². The molecule has 0 spiro atoms. The SMILES string of the molecule is COc1ccccc1CN1CC[C@@H](NC(=O)c2cc(-c3cnn(C4CCNCC4)c3)cnc2N)C1. The lowest BCUT2D eigenvalue weighted by atomic mass is 10.1. The Labute approximate surface area is 205 Å². The summed E-state index contributed by atoms with van der Waals surface area (Å²) in [6, 6.07) is 10.3. The highest BCUT2D eigenvalue weighted by atomic mass is 16.5. The molecular weight excluding hydrogens is 442 g/mol. The maximum atomic E-state index is 13.1. The van der Waals surface area contributed by atoms with Crippen molar-refractivity contribution in [1.29, 1.82) is 0 Å². The van der Waals surface area contributed by atoms with Crippen LogP contribution in [-0.2, 0) is 6.54 Å². The van der Waals surface area contributed by atoms with Crippen molar-refractivity contribution in [3.8, 4) is 16.9 Å². The van der Waals surface area contributed by atoms with E-state index in [9.17, 15) is 4.79 Å². The summed E-state index contributed by atoms with van der Waals surface area (Å²) in [5, 5.41) is 11.1. The van der Waals surface area contributed by atoms with Crippen molar-refractivity contribution in [3.63, 3.8) is 0 Å². The molecule has 0 bridgehead atoms. The number of aromatic nitrogens is 3. The van der Waals surface area contributed by atoms with E-state index >= 15 is 0 Å². The number of hydrogen-bond donors (Lipinski definition) is 3. The van der Waals surface area contributed by atoms with E-state index in [4.69, 9.17) is 10.5 Å². The Balaban J connectivity index is 1.23. The van der Waals surface area contributed by atoms with Crippen molar-refractivity contribution in [2.45, 2.75) is 37.9 Å². The molecule has 2 fully saturated rings.